The van der Waals surface area contributed by atoms with Gasteiger partial charge in [0.15, 0.2) is 0 Å². The van der Waals surface area contributed by atoms with Gasteiger partial charge in [0, 0.05) is 35.1 Å². The molecule has 0 spiro atoms. The topological polar surface area (TPSA) is 47.0 Å². The average Bonchev–Trinajstić information content (AvgIpc) is 2.16. The van der Waals surface area contributed by atoms with Crippen LogP contribution in [0.1, 0.15) is 12.0 Å². The lowest BCUT2D eigenvalue weighted by Gasteiger charge is -2.15. The van der Waals surface area contributed by atoms with E-state index in [1.807, 2.05) is 0 Å². The van der Waals surface area contributed by atoms with Crippen LogP contribution in [-0.4, -0.2) is 19.2 Å². The molecule has 0 fully saturated rings. The third kappa shape index (κ3) is 4.09. The maximum Gasteiger partial charge on any atom is 0.274 e. The highest BCUT2D eigenvalue weighted by Crippen LogP contribution is 2.31. The van der Waals surface area contributed by atoms with E-state index in [0.29, 0.717) is 0 Å². The lowest BCUT2D eigenvalue weighted by Crippen LogP contribution is -2.17. The Morgan fingerprint density at radius 2 is 1.87 bits per heavy atom. The van der Waals surface area contributed by atoms with E-state index in [4.69, 9.17) is 10.7 Å². The third-order valence-electron chi connectivity index (χ3n) is 1.76. The number of aromatic nitrogens is 1. The zero-order valence-corrected chi connectivity index (χ0v) is 9.10. The van der Waals surface area contributed by atoms with E-state index in [2.05, 4.69) is 4.98 Å². The summed E-state index contributed by atoms with van der Waals surface area (Å²) in [4.78, 5) is 3.59. The van der Waals surface area contributed by atoms with E-state index in [9.17, 15) is 17.2 Å². The second-order valence-corrected chi connectivity index (χ2v) is 5.83. The standard InChI is InChI=1S/C8H8ClF2NO2S/c9-15(13,14)6-3-8(10,11)7-1-4-12-5-2-7/h1-2,4-5H,3,6H2. The normalized spacial score (nSPS) is 12.7. The van der Waals surface area contributed by atoms with Crippen molar-refractivity contribution in [2.75, 3.05) is 5.75 Å². The molecule has 0 unspecified atom stereocenters. The summed E-state index contributed by atoms with van der Waals surface area (Å²) < 4.78 is 47.7. The molecule has 1 rings (SSSR count). The molecule has 7 heteroatoms. The highest BCUT2D eigenvalue weighted by Gasteiger charge is 2.32. The lowest BCUT2D eigenvalue weighted by atomic mass is 10.1. The number of rotatable bonds is 4. The number of hydrogen-bond acceptors (Lipinski definition) is 3. The van der Waals surface area contributed by atoms with Gasteiger partial charge in [-0.15, -0.1) is 0 Å². The van der Waals surface area contributed by atoms with E-state index < -0.39 is 27.1 Å². The molecule has 1 aromatic rings. The zero-order valence-electron chi connectivity index (χ0n) is 7.53. The van der Waals surface area contributed by atoms with Gasteiger partial charge in [0.1, 0.15) is 0 Å². The Kier molecular flexibility index (Phi) is 3.62. The molecular weight excluding hydrogens is 248 g/mol. The summed E-state index contributed by atoms with van der Waals surface area (Å²) >= 11 is 0. The molecule has 0 bridgehead atoms. The molecule has 15 heavy (non-hydrogen) atoms. The van der Waals surface area contributed by atoms with Crippen molar-refractivity contribution in [3.05, 3.63) is 30.1 Å². The van der Waals surface area contributed by atoms with E-state index in [0.717, 1.165) is 12.1 Å². The molecule has 3 nitrogen and oxygen atoms in total. The van der Waals surface area contributed by atoms with Crippen molar-refractivity contribution in [1.29, 1.82) is 0 Å². The molecule has 0 saturated heterocycles. The van der Waals surface area contributed by atoms with Crippen LogP contribution in [0.5, 0.6) is 0 Å². The minimum atomic E-state index is -3.89. The maximum absolute atomic E-state index is 13.3. The van der Waals surface area contributed by atoms with Crippen LogP contribution in [0.25, 0.3) is 0 Å². The summed E-state index contributed by atoms with van der Waals surface area (Å²) in [6.07, 6.45) is 1.61. The summed E-state index contributed by atoms with van der Waals surface area (Å²) in [5.41, 5.74) is -0.266. The van der Waals surface area contributed by atoms with Gasteiger partial charge < -0.3 is 0 Å². The van der Waals surface area contributed by atoms with Gasteiger partial charge >= 0.3 is 0 Å². The first-order chi connectivity index (χ1) is 6.81. The number of hydrogen-bond donors (Lipinski definition) is 0. The van der Waals surface area contributed by atoms with E-state index in [1.165, 1.54) is 12.4 Å². The highest BCUT2D eigenvalue weighted by molar-refractivity contribution is 8.13. The Morgan fingerprint density at radius 1 is 1.33 bits per heavy atom. The average molecular weight is 256 g/mol. The van der Waals surface area contributed by atoms with Crippen molar-refractivity contribution in [2.45, 2.75) is 12.3 Å². The number of alkyl halides is 2. The molecule has 0 saturated carbocycles. The molecule has 1 heterocycles. The van der Waals surface area contributed by atoms with Gasteiger partial charge in [0.25, 0.3) is 5.92 Å². The van der Waals surface area contributed by atoms with Gasteiger partial charge in [0.05, 0.1) is 5.75 Å². The van der Waals surface area contributed by atoms with Crippen LogP contribution in [0, 0.1) is 0 Å². The highest BCUT2D eigenvalue weighted by atomic mass is 35.7. The summed E-state index contributed by atoms with van der Waals surface area (Å²) in [6.45, 7) is 0. The fourth-order valence-electron chi connectivity index (χ4n) is 0.990. The smallest absolute Gasteiger partial charge is 0.265 e. The van der Waals surface area contributed by atoms with E-state index >= 15 is 0 Å². The first-order valence-corrected chi connectivity index (χ1v) is 6.50. The van der Waals surface area contributed by atoms with Gasteiger partial charge in [-0.25, -0.2) is 17.2 Å². The fourth-order valence-corrected chi connectivity index (χ4v) is 1.72. The largest absolute Gasteiger partial charge is 0.274 e. The van der Waals surface area contributed by atoms with Crippen molar-refractivity contribution in [2.24, 2.45) is 0 Å². The second kappa shape index (κ2) is 4.40. The lowest BCUT2D eigenvalue weighted by molar-refractivity contribution is -0.00745. The van der Waals surface area contributed by atoms with Crippen LogP contribution in [0.15, 0.2) is 24.5 Å². The molecule has 84 valence electrons. The molecular formula is C8H8ClF2NO2S. The molecule has 0 atom stereocenters. The van der Waals surface area contributed by atoms with Crippen molar-refractivity contribution >= 4 is 19.7 Å². The Labute approximate surface area is 90.5 Å². The van der Waals surface area contributed by atoms with Gasteiger partial charge in [-0.2, -0.15) is 0 Å². The van der Waals surface area contributed by atoms with Gasteiger partial charge in [0.2, 0.25) is 9.05 Å². The molecule has 0 N–H and O–H groups in total. The molecule has 0 amide bonds. The fraction of sp³-hybridized carbons (Fsp3) is 0.375. The Bertz CT molecular complexity index is 422. The molecule has 0 aliphatic rings. The first kappa shape index (κ1) is 12.3. The summed E-state index contributed by atoms with van der Waals surface area (Å²) in [6, 6.07) is 2.28. The van der Waals surface area contributed by atoms with Crippen LogP contribution in [0.2, 0.25) is 0 Å². The van der Waals surface area contributed by atoms with Gasteiger partial charge in [-0.1, -0.05) is 0 Å². The van der Waals surface area contributed by atoms with Crippen LogP contribution < -0.4 is 0 Å². The summed E-state index contributed by atoms with van der Waals surface area (Å²) in [7, 11) is 0.965. The van der Waals surface area contributed by atoms with Crippen LogP contribution in [0.3, 0.4) is 0 Å². The number of nitrogens with zero attached hydrogens (tertiary/aromatic N) is 1. The quantitative estimate of drug-likeness (QED) is 0.775. The molecule has 0 aliphatic heterocycles. The van der Waals surface area contributed by atoms with Crippen LogP contribution >= 0.6 is 10.7 Å². The molecule has 0 aliphatic carbocycles. The van der Waals surface area contributed by atoms with Crippen molar-refractivity contribution < 1.29 is 17.2 Å². The SMILES string of the molecule is O=S(=O)(Cl)CCC(F)(F)c1ccncc1. The van der Waals surface area contributed by atoms with Crippen molar-refractivity contribution in [3.63, 3.8) is 0 Å². The minimum absolute atomic E-state index is 0.266. The van der Waals surface area contributed by atoms with Crippen molar-refractivity contribution in [3.8, 4) is 0 Å². The Balaban J connectivity index is 2.76. The Morgan fingerprint density at radius 3 is 2.33 bits per heavy atom. The third-order valence-corrected chi connectivity index (χ3v) is 2.92. The van der Waals surface area contributed by atoms with Gasteiger partial charge in [-0.3, -0.25) is 4.98 Å². The number of halogens is 3. The van der Waals surface area contributed by atoms with Crippen molar-refractivity contribution in [1.82, 2.24) is 4.98 Å². The number of pyridine rings is 1. The predicted octanol–water partition coefficient (Wildman–Crippen LogP) is 2.13. The summed E-state index contributed by atoms with van der Waals surface area (Å²) in [5.74, 6) is -3.96. The van der Waals surface area contributed by atoms with Crippen LogP contribution in [0.4, 0.5) is 8.78 Å². The van der Waals surface area contributed by atoms with E-state index in [1.54, 1.807) is 0 Å². The predicted molar refractivity (Wildman–Crippen MR) is 52.4 cm³/mol. The van der Waals surface area contributed by atoms with Crippen LogP contribution in [-0.2, 0) is 15.0 Å². The maximum atomic E-state index is 13.3. The first-order valence-electron chi connectivity index (χ1n) is 4.02. The van der Waals surface area contributed by atoms with Gasteiger partial charge in [-0.05, 0) is 12.1 Å². The molecule has 1 aromatic heterocycles. The zero-order chi connectivity index (χ0) is 11.5. The van der Waals surface area contributed by atoms with E-state index in [-0.39, 0.29) is 5.56 Å². The molecule has 0 aromatic carbocycles. The summed E-state index contributed by atoms with van der Waals surface area (Å²) in [5, 5.41) is 0. The second-order valence-electron chi connectivity index (χ2n) is 2.93. The molecule has 0 radical (unpaired) electrons. The Hall–Kier alpha value is -0.750. The minimum Gasteiger partial charge on any atom is -0.265 e. The monoisotopic (exact) mass is 255 g/mol.